The minimum absolute atomic E-state index is 0.0864. The first-order valence-electron chi connectivity index (χ1n) is 9.98. The van der Waals surface area contributed by atoms with Crippen LogP contribution in [-0.4, -0.2) is 70.1 Å². The molecule has 1 saturated heterocycles. The van der Waals surface area contributed by atoms with Crippen molar-refractivity contribution >= 4 is 5.69 Å². The highest BCUT2D eigenvalue weighted by Gasteiger charge is 2.16. The second kappa shape index (κ2) is 12.1. The van der Waals surface area contributed by atoms with E-state index in [1.807, 2.05) is 32.6 Å². The lowest BCUT2D eigenvalue weighted by Gasteiger charge is -2.34. The highest BCUT2D eigenvalue weighted by molar-refractivity contribution is 5.35. The predicted octanol–water partition coefficient (Wildman–Crippen LogP) is 2.90. The average Bonchev–Trinajstić information content (AvgIpc) is 3.26. The maximum Gasteiger partial charge on any atom is 0.269 e. The van der Waals surface area contributed by atoms with E-state index in [1.54, 1.807) is 12.1 Å². The molecule has 0 bridgehead atoms. The van der Waals surface area contributed by atoms with E-state index in [0.717, 1.165) is 52.2 Å². The number of aromatic nitrogens is 2. The minimum atomic E-state index is -0.404. The van der Waals surface area contributed by atoms with Crippen LogP contribution < -0.4 is 4.74 Å². The molecule has 1 aromatic carbocycles. The minimum Gasteiger partial charge on any atom is -0.494 e. The SMILES string of the molecule is CC.O=[N+]([O-])c1ccc(OCCCN2CCN(CCn3ccnc3)CC2)cc1. The van der Waals surface area contributed by atoms with Crippen LogP contribution in [0.4, 0.5) is 5.69 Å². The normalized spacial score (nSPS) is 14.9. The molecule has 0 aliphatic carbocycles. The van der Waals surface area contributed by atoms with Crippen LogP contribution in [0.25, 0.3) is 0 Å². The van der Waals surface area contributed by atoms with Crippen LogP contribution in [0.1, 0.15) is 20.3 Å². The van der Waals surface area contributed by atoms with Gasteiger partial charge in [-0.2, -0.15) is 0 Å². The van der Waals surface area contributed by atoms with Gasteiger partial charge in [0.2, 0.25) is 0 Å². The quantitative estimate of drug-likeness (QED) is 0.373. The molecule has 2 aromatic rings. The number of ether oxygens (including phenoxy) is 1. The summed E-state index contributed by atoms with van der Waals surface area (Å²) < 4.78 is 7.78. The molecule has 0 saturated carbocycles. The third kappa shape index (κ3) is 7.28. The van der Waals surface area contributed by atoms with Gasteiger partial charge in [-0.05, 0) is 18.6 Å². The van der Waals surface area contributed by atoms with E-state index in [2.05, 4.69) is 19.4 Å². The summed E-state index contributed by atoms with van der Waals surface area (Å²) in [6.07, 6.45) is 6.63. The number of non-ortho nitro benzene ring substituents is 1. The molecule has 8 heteroatoms. The first-order chi connectivity index (χ1) is 13.7. The molecule has 0 radical (unpaired) electrons. The van der Waals surface area contributed by atoms with Gasteiger partial charge in [0.25, 0.3) is 5.69 Å². The Morgan fingerprint density at radius 3 is 2.25 bits per heavy atom. The van der Waals surface area contributed by atoms with Crippen molar-refractivity contribution in [1.29, 1.82) is 0 Å². The Labute approximate surface area is 166 Å². The summed E-state index contributed by atoms with van der Waals surface area (Å²) >= 11 is 0. The third-order valence-electron chi connectivity index (χ3n) is 4.63. The molecule has 28 heavy (non-hydrogen) atoms. The fourth-order valence-corrected chi connectivity index (χ4v) is 3.05. The van der Waals surface area contributed by atoms with Crippen molar-refractivity contribution in [3.8, 4) is 5.75 Å². The lowest BCUT2D eigenvalue weighted by Crippen LogP contribution is -2.47. The second-order valence-electron chi connectivity index (χ2n) is 6.44. The zero-order valence-electron chi connectivity index (χ0n) is 16.9. The van der Waals surface area contributed by atoms with E-state index in [-0.39, 0.29) is 5.69 Å². The van der Waals surface area contributed by atoms with Gasteiger partial charge in [0.15, 0.2) is 0 Å². The Balaban J connectivity index is 0.00000136. The predicted molar refractivity (Wildman–Crippen MR) is 110 cm³/mol. The number of imidazole rings is 1. The maximum atomic E-state index is 10.6. The Kier molecular flexibility index (Phi) is 9.44. The van der Waals surface area contributed by atoms with Gasteiger partial charge >= 0.3 is 0 Å². The molecule has 0 unspecified atom stereocenters. The molecule has 3 rings (SSSR count). The lowest BCUT2D eigenvalue weighted by atomic mass is 10.3. The number of nitrogens with zero attached hydrogens (tertiary/aromatic N) is 5. The lowest BCUT2D eigenvalue weighted by molar-refractivity contribution is -0.384. The van der Waals surface area contributed by atoms with Crippen molar-refractivity contribution in [1.82, 2.24) is 19.4 Å². The smallest absolute Gasteiger partial charge is 0.269 e. The van der Waals surface area contributed by atoms with E-state index < -0.39 is 4.92 Å². The van der Waals surface area contributed by atoms with Crippen molar-refractivity contribution in [2.24, 2.45) is 0 Å². The van der Waals surface area contributed by atoms with Crippen LogP contribution in [0.3, 0.4) is 0 Å². The standard InChI is InChI=1S/C18H25N5O3.C2H6/c24-23(25)17-2-4-18(5-3-17)26-15-1-7-20-9-11-21(12-10-20)13-14-22-8-6-19-16-22;1-2/h2-6,8,16H,1,7,9-15H2;1-2H3. The number of nitro benzene ring substituents is 1. The molecule has 2 heterocycles. The average molecular weight is 390 g/mol. The Morgan fingerprint density at radius 1 is 1.04 bits per heavy atom. The zero-order valence-corrected chi connectivity index (χ0v) is 16.9. The summed E-state index contributed by atoms with van der Waals surface area (Å²) in [7, 11) is 0. The summed E-state index contributed by atoms with van der Waals surface area (Å²) in [5, 5.41) is 10.6. The molecular weight excluding hydrogens is 358 g/mol. The van der Waals surface area contributed by atoms with E-state index in [9.17, 15) is 10.1 Å². The second-order valence-corrected chi connectivity index (χ2v) is 6.44. The summed E-state index contributed by atoms with van der Waals surface area (Å²) in [5.41, 5.74) is 0.0864. The zero-order chi connectivity index (χ0) is 20.2. The van der Waals surface area contributed by atoms with Crippen LogP contribution in [0.2, 0.25) is 0 Å². The van der Waals surface area contributed by atoms with E-state index in [0.29, 0.717) is 12.4 Å². The van der Waals surface area contributed by atoms with Crippen molar-refractivity contribution in [3.05, 3.63) is 53.1 Å². The first kappa shape index (κ1) is 21.8. The van der Waals surface area contributed by atoms with Crippen LogP contribution in [0, 0.1) is 10.1 Å². The number of nitro groups is 1. The number of hydrogen-bond donors (Lipinski definition) is 0. The van der Waals surface area contributed by atoms with Gasteiger partial charge in [-0.15, -0.1) is 0 Å². The first-order valence-corrected chi connectivity index (χ1v) is 9.98. The number of rotatable bonds is 9. The highest BCUT2D eigenvalue weighted by Crippen LogP contribution is 2.17. The summed E-state index contributed by atoms with van der Waals surface area (Å²) in [6.45, 7) is 12.1. The monoisotopic (exact) mass is 389 g/mol. The fourth-order valence-electron chi connectivity index (χ4n) is 3.05. The van der Waals surface area contributed by atoms with Gasteiger partial charge in [-0.1, -0.05) is 13.8 Å². The largest absolute Gasteiger partial charge is 0.494 e. The number of hydrogen-bond acceptors (Lipinski definition) is 6. The van der Waals surface area contributed by atoms with Gasteiger partial charge in [0, 0.05) is 70.3 Å². The molecule has 0 amide bonds. The molecule has 1 aliphatic rings. The van der Waals surface area contributed by atoms with E-state index in [4.69, 9.17) is 4.74 Å². The molecule has 1 aliphatic heterocycles. The van der Waals surface area contributed by atoms with Gasteiger partial charge in [0.05, 0.1) is 17.9 Å². The molecule has 8 nitrogen and oxygen atoms in total. The number of piperazine rings is 1. The van der Waals surface area contributed by atoms with Crippen LogP contribution in [0.15, 0.2) is 43.0 Å². The topological polar surface area (TPSA) is 76.7 Å². The Morgan fingerprint density at radius 2 is 1.68 bits per heavy atom. The molecular formula is C20H31N5O3. The number of benzene rings is 1. The van der Waals surface area contributed by atoms with Gasteiger partial charge < -0.3 is 14.2 Å². The summed E-state index contributed by atoms with van der Waals surface area (Å²) in [5.74, 6) is 0.680. The van der Waals surface area contributed by atoms with E-state index >= 15 is 0 Å². The molecule has 0 spiro atoms. The third-order valence-corrected chi connectivity index (χ3v) is 4.63. The molecule has 0 N–H and O–H groups in total. The van der Waals surface area contributed by atoms with Gasteiger partial charge in [-0.25, -0.2) is 4.98 Å². The highest BCUT2D eigenvalue weighted by atomic mass is 16.6. The van der Waals surface area contributed by atoms with E-state index in [1.165, 1.54) is 12.1 Å². The van der Waals surface area contributed by atoms with Gasteiger partial charge in [0.1, 0.15) is 5.75 Å². The summed E-state index contributed by atoms with van der Waals surface area (Å²) in [4.78, 5) is 19.2. The van der Waals surface area contributed by atoms with Crippen molar-refractivity contribution in [2.45, 2.75) is 26.8 Å². The van der Waals surface area contributed by atoms with Crippen molar-refractivity contribution < 1.29 is 9.66 Å². The molecule has 1 fully saturated rings. The van der Waals surface area contributed by atoms with Crippen LogP contribution in [0.5, 0.6) is 5.75 Å². The Bertz CT molecular complexity index is 668. The fraction of sp³-hybridized carbons (Fsp3) is 0.550. The van der Waals surface area contributed by atoms with Crippen molar-refractivity contribution in [2.75, 3.05) is 45.9 Å². The van der Waals surface area contributed by atoms with Gasteiger partial charge in [-0.3, -0.25) is 15.0 Å². The maximum absolute atomic E-state index is 10.6. The van der Waals surface area contributed by atoms with Crippen LogP contribution >= 0.6 is 0 Å². The molecule has 154 valence electrons. The van der Waals surface area contributed by atoms with Crippen molar-refractivity contribution in [3.63, 3.8) is 0 Å². The molecule has 1 aromatic heterocycles. The van der Waals surface area contributed by atoms with Crippen LogP contribution in [-0.2, 0) is 6.54 Å². The Hall–Kier alpha value is -2.45. The summed E-state index contributed by atoms with van der Waals surface area (Å²) in [6, 6.07) is 6.24. The molecule has 0 atom stereocenters.